The molecule has 0 fully saturated rings. The van der Waals surface area contributed by atoms with Crippen molar-refractivity contribution < 1.29 is 9.47 Å². The van der Waals surface area contributed by atoms with Gasteiger partial charge < -0.3 is 20.1 Å². The molecular formula is C15H19ClN4O2S. The lowest BCUT2D eigenvalue weighted by Gasteiger charge is -2.28. The minimum atomic E-state index is 0.171. The molecule has 0 saturated carbocycles. The fourth-order valence-electron chi connectivity index (χ4n) is 2.15. The SMILES string of the molecule is COc1ccc(OC)c(CCN2C=CN(NC(N)=S)C=C2Cl)c1. The molecule has 0 saturated heterocycles. The largest absolute Gasteiger partial charge is 0.497 e. The quantitative estimate of drug-likeness (QED) is 0.599. The maximum absolute atomic E-state index is 6.27. The lowest BCUT2D eigenvalue weighted by molar-refractivity contribution is 0.380. The number of hydrogen-bond acceptors (Lipinski definition) is 5. The lowest BCUT2D eigenvalue weighted by Crippen LogP contribution is -2.40. The monoisotopic (exact) mass is 354 g/mol. The Morgan fingerprint density at radius 3 is 2.70 bits per heavy atom. The third-order valence-corrected chi connectivity index (χ3v) is 3.68. The summed E-state index contributed by atoms with van der Waals surface area (Å²) in [5.74, 6) is 1.62. The van der Waals surface area contributed by atoms with Crippen LogP contribution in [0.3, 0.4) is 0 Å². The first kappa shape index (κ1) is 17.2. The maximum Gasteiger partial charge on any atom is 0.183 e. The number of nitrogens with zero attached hydrogens (tertiary/aromatic N) is 2. The summed E-state index contributed by atoms with van der Waals surface area (Å²) in [7, 11) is 3.29. The van der Waals surface area contributed by atoms with E-state index in [1.54, 1.807) is 31.6 Å². The zero-order valence-corrected chi connectivity index (χ0v) is 14.5. The van der Waals surface area contributed by atoms with Gasteiger partial charge in [0, 0.05) is 18.9 Å². The van der Waals surface area contributed by atoms with Crippen molar-refractivity contribution in [1.29, 1.82) is 0 Å². The number of thiocarbonyl (C=S) groups is 1. The van der Waals surface area contributed by atoms with Crippen molar-refractivity contribution >= 4 is 28.9 Å². The Bertz CT molecular complexity index is 636. The van der Waals surface area contributed by atoms with Gasteiger partial charge in [-0.25, -0.2) is 0 Å². The normalized spacial score (nSPS) is 13.6. The van der Waals surface area contributed by atoms with Gasteiger partial charge in [0.1, 0.15) is 16.7 Å². The number of halogens is 1. The van der Waals surface area contributed by atoms with Gasteiger partial charge in [0.2, 0.25) is 0 Å². The first-order valence-corrected chi connectivity index (χ1v) is 7.69. The van der Waals surface area contributed by atoms with Crippen LogP contribution in [0.1, 0.15) is 5.56 Å². The van der Waals surface area contributed by atoms with Crippen LogP contribution in [0, 0.1) is 0 Å². The van der Waals surface area contributed by atoms with Gasteiger partial charge in [0.05, 0.1) is 20.4 Å². The summed E-state index contributed by atoms with van der Waals surface area (Å²) in [6.45, 7) is 0.691. The zero-order valence-electron chi connectivity index (χ0n) is 13.0. The van der Waals surface area contributed by atoms with Crippen molar-refractivity contribution in [3.8, 4) is 11.5 Å². The molecule has 23 heavy (non-hydrogen) atoms. The number of nitrogens with one attached hydrogen (secondary N) is 1. The molecule has 0 bridgehead atoms. The standard InChI is InChI=1S/C15H19ClN4O2S/c1-21-12-3-4-13(22-2)11(9-12)5-6-19-7-8-20(10-14(19)16)18-15(17)23/h3-4,7-10H,5-6H2,1-2H3,(H3,17,18,23). The molecule has 2 rings (SSSR count). The number of hydrogen-bond donors (Lipinski definition) is 2. The van der Waals surface area contributed by atoms with E-state index in [-0.39, 0.29) is 5.11 Å². The van der Waals surface area contributed by atoms with Crippen molar-refractivity contribution in [3.05, 3.63) is 47.5 Å². The number of benzene rings is 1. The molecular weight excluding hydrogens is 336 g/mol. The van der Waals surface area contributed by atoms with Crippen LogP contribution in [-0.2, 0) is 6.42 Å². The third kappa shape index (κ3) is 4.67. The molecule has 6 nitrogen and oxygen atoms in total. The molecule has 0 spiro atoms. The molecule has 124 valence electrons. The molecule has 1 aromatic carbocycles. The fraction of sp³-hybridized carbons (Fsp3) is 0.267. The third-order valence-electron chi connectivity index (χ3n) is 3.28. The van der Waals surface area contributed by atoms with E-state index in [2.05, 4.69) is 5.43 Å². The van der Waals surface area contributed by atoms with Crippen LogP contribution in [0.4, 0.5) is 0 Å². The average Bonchev–Trinajstić information content (AvgIpc) is 2.53. The van der Waals surface area contributed by atoms with E-state index < -0.39 is 0 Å². The zero-order chi connectivity index (χ0) is 16.8. The minimum absolute atomic E-state index is 0.171. The lowest BCUT2D eigenvalue weighted by atomic mass is 10.1. The topological polar surface area (TPSA) is 63.0 Å². The van der Waals surface area contributed by atoms with Crippen LogP contribution in [0.5, 0.6) is 11.5 Å². The number of rotatable bonds is 6. The molecule has 0 radical (unpaired) electrons. The highest BCUT2D eigenvalue weighted by Gasteiger charge is 2.13. The second-order valence-corrected chi connectivity index (χ2v) is 5.58. The van der Waals surface area contributed by atoms with E-state index in [4.69, 9.17) is 39.0 Å². The Morgan fingerprint density at radius 1 is 1.30 bits per heavy atom. The molecule has 1 aromatic rings. The summed E-state index contributed by atoms with van der Waals surface area (Å²) >= 11 is 11.1. The van der Waals surface area contributed by atoms with Crippen molar-refractivity contribution in [2.45, 2.75) is 6.42 Å². The minimum Gasteiger partial charge on any atom is -0.497 e. The highest BCUT2D eigenvalue weighted by Crippen LogP contribution is 2.25. The van der Waals surface area contributed by atoms with Crippen LogP contribution in [0.2, 0.25) is 0 Å². The van der Waals surface area contributed by atoms with Crippen LogP contribution in [0.25, 0.3) is 0 Å². The first-order valence-electron chi connectivity index (χ1n) is 6.91. The predicted molar refractivity (Wildman–Crippen MR) is 94.8 cm³/mol. The Kier molecular flexibility index (Phi) is 5.95. The molecule has 1 aliphatic rings. The van der Waals surface area contributed by atoms with Crippen LogP contribution in [-0.4, -0.2) is 35.8 Å². The van der Waals surface area contributed by atoms with Gasteiger partial charge in [-0.15, -0.1) is 0 Å². The molecule has 0 amide bonds. The van der Waals surface area contributed by atoms with Crippen molar-refractivity contribution in [2.75, 3.05) is 20.8 Å². The van der Waals surface area contributed by atoms with E-state index in [9.17, 15) is 0 Å². The van der Waals surface area contributed by atoms with Crippen molar-refractivity contribution in [2.24, 2.45) is 5.73 Å². The van der Waals surface area contributed by atoms with Gasteiger partial charge in [0.25, 0.3) is 0 Å². The highest BCUT2D eigenvalue weighted by atomic mass is 35.5. The highest BCUT2D eigenvalue weighted by molar-refractivity contribution is 7.80. The summed E-state index contributed by atoms with van der Waals surface area (Å²) in [5, 5.41) is 2.33. The van der Waals surface area contributed by atoms with E-state index in [1.165, 1.54) is 0 Å². The molecule has 1 heterocycles. The van der Waals surface area contributed by atoms with Crippen LogP contribution >= 0.6 is 23.8 Å². The smallest absolute Gasteiger partial charge is 0.183 e. The van der Waals surface area contributed by atoms with E-state index in [0.717, 1.165) is 23.5 Å². The van der Waals surface area contributed by atoms with Crippen molar-refractivity contribution in [3.63, 3.8) is 0 Å². The molecule has 1 aliphatic heterocycles. The molecule has 8 heteroatoms. The number of nitrogens with two attached hydrogens (primary N) is 1. The van der Waals surface area contributed by atoms with Crippen LogP contribution in [0.15, 0.2) is 42.0 Å². The Hall–Kier alpha value is -2.12. The molecule has 3 N–H and O–H groups in total. The van der Waals surface area contributed by atoms with E-state index in [0.29, 0.717) is 11.7 Å². The summed E-state index contributed by atoms with van der Waals surface area (Å²) in [6.07, 6.45) is 6.08. The van der Waals surface area contributed by atoms with E-state index in [1.807, 2.05) is 29.3 Å². The Labute approximate surface area is 146 Å². The maximum atomic E-state index is 6.27. The second-order valence-electron chi connectivity index (χ2n) is 4.75. The Balaban J connectivity index is 2.02. The molecule has 0 atom stereocenters. The van der Waals surface area contributed by atoms with Gasteiger partial charge in [-0.1, -0.05) is 11.6 Å². The summed E-state index contributed by atoms with van der Waals surface area (Å²) in [4.78, 5) is 1.91. The van der Waals surface area contributed by atoms with Crippen LogP contribution < -0.4 is 20.6 Å². The van der Waals surface area contributed by atoms with Gasteiger partial charge >= 0.3 is 0 Å². The molecule has 0 unspecified atom stereocenters. The summed E-state index contributed by atoms with van der Waals surface area (Å²) in [6, 6.07) is 5.73. The second kappa shape index (κ2) is 7.94. The Morgan fingerprint density at radius 2 is 2.09 bits per heavy atom. The average molecular weight is 355 g/mol. The first-order chi connectivity index (χ1) is 11.0. The number of ether oxygens (including phenoxy) is 2. The molecule has 0 aromatic heterocycles. The van der Waals surface area contributed by atoms with E-state index >= 15 is 0 Å². The summed E-state index contributed by atoms with van der Waals surface area (Å²) in [5.41, 5.74) is 9.25. The van der Waals surface area contributed by atoms with Crippen molar-refractivity contribution in [1.82, 2.24) is 15.3 Å². The number of hydrazine groups is 1. The van der Waals surface area contributed by atoms with Gasteiger partial charge in [-0.3, -0.25) is 10.4 Å². The van der Waals surface area contributed by atoms with Gasteiger partial charge in [-0.2, -0.15) is 0 Å². The molecule has 0 aliphatic carbocycles. The van der Waals surface area contributed by atoms with Gasteiger partial charge in [0.15, 0.2) is 5.11 Å². The number of methoxy groups -OCH3 is 2. The summed E-state index contributed by atoms with van der Waals surface area (Å²) < 4.78 is 10.6. The predicted octanol–water partition coefficient (Wildman–Crippen LogP) is 2.12. The van der Waals surface area contributed by atoms with Gasteiger partial charge in [-0.05, 0) is 42.4 Å². The fourth-order valence-corrected chi connectivity index (χ4v) is 2.50.